The number of nitrogens with zero attached hydrogens (tertiary/aromatic N) is 4. The highest BCUT2D eigenvalue weighted by molar-refractivity contribution is 7.89. The minimum atomic E-state index is -3.75. The Morgan fingerprint density at radius 2 is 1.78 bits per heavy atom. The number of hydrogen-bond acceptors (Lipinski definition) is 7. The van der Waals surface area contributed by atoms with E-state index in [1.807, 2.05) is 50.1 Å². The van der Waals surface area contributed by atoms with Gasteiger partial charge in [-0.25, -0.2) is 18.4 Å². The zero-order valence-electron chi connectivity index (χ0n) is 21.3. The highest BCUT2D eigenvalue weighted by Crippen LogP contribution is 2.27. The van der Waals surface area contributed by atoms with Gasteiger partial charge in [0.1, 0.15) is 17.7 Å². The summed E-state index contributed by atoms with van der Waals surface area (Å²) in [6.45, 7) is 6.95. The monoisotopic (exact) mass is 566 g/mol. The van der Waals surface area contributed by atoms with Crippen LogP contribution >= 0.6 is 23.2 Å². The van der Waals surface area contributed by atoms with Crippen molar-refractivity contribution in [2.24, 2.45) is 11.7 Å². The van der Waals surface area contributed by atoms with Crippen LogP contribution in [0.3, 0.4) is 0 Å². The number of sulfonamides is 1. The van der Waals surface area contributed by atoms with Crippen molar-refractivity contribution in [1.82, 2.24) is 19.2 Å². The number of nitrogens with two attached hydrogens (primary N) is 1. The highest BCUT2D eigenvalue weighted by Gasteiger charge is 2.25. The molecule has 3 aromatic rings. The second-order valence-corrected chi connectivity index (χ2v) is 11.8. The molecule has 0 bridgehead atoms. The summed E-state index contributed by atoms with van der Waals surface area (Å²) in [6.07, 6.45) is 0. The Balaban J connectivity index is 1.77. The molecule has 1 heterocycles. The molecule has 37 heavy (non-hydrogen) atoms. The Hall–Kier alpha value is -2.50. The smallest absolute Gasteiger partial charge is 0.243 e. The second kappa shape index (κ2) is 12.4. The van der Waals surface area contributed by atoms with Gasteiger partial charge in [-0.3, -0.25) is 9.69 Å². The number of anilines is 1. The molecule has 0 saturated heterocycles. The molecule has 0 saturated carbocycles. The fourth-order valence-electron chi connectivity index (χ4n) is 3.86. The molecule has 0 unspecified atom stereocenters. The van der Waals surface area contributed by atoms with Gasteiger partial charge in [0.25, 0.3) is 0 Å². The third-order valence-electron chi connectivity index (χ3n) is 5.94. The van der Waals surface area contributed by atoms with Gasteiger partial charge in [-0.05, 0) is 43.3 Å². The first-order valence-corrected chi connectivity index (χ1v) is 14.1. The van der Waals surface area contributed by atoms with E-state index >= 15 is 0 Å². The van der Waals surface area contributed by atoms with E-state index in [1.165, 1.54) is 22.5 Å². The molecule has 2 aromatic carbocycles. The van der Waals surface area contributed by atoms with Gasteiger partial charge in [0.2, 0.25) is 15.9 Å². The Morgan fingerprint density at radius 1 is 1.08 bits per heavy atom. The van der Waals surface area contributed by atoms with Gasteiger partial charge in [-0.2, -0.15) is 4.31 Å². The van der Waals surface area contributed by atoms with Gasteiger partial charge in [0, 0.05) is 25.0 Å². The molecule has 0 aliphatic carbocycles. The Kier molecular flexibility index (Phi) is 9.71. The van der Waals surface area contributed by atoms with E-state index in [2.05, 4.69) is 15.3 Å². The van der Waals surface area contributed by atoms with Crippen molar-refractivity contribution in [3.63, 3.8) is 0 Å². The van der Waals surface area contributed by atoms with Gasteiger partial charge < -0.3 is 11.1 Å². The van der Waals surface area contributed by atoms with E-state index in [4.69, 9.17) is 28.9 Å². The Morgan fingerprint density at radius 3 is 2.41 bits per heavy atom. The number of rotatable bonds is 12. The van der Waals surface area contributed by atoms with Gasteiger partial charge >= 0.3 is 0 Å². The first-order chi connectivity index (χ1) is 17.4. The minimum absolute atomic E-state index is 0.0325. The topological polar surface area (TPSA) is 122 Å². The van der Waals surface area contributed by atoms with Crippen LogP contribution in [0.25, 0.3) is 10.9 Å². The summed E-state index contributed by atoms with van der Waals surface area (Å²) in [4.78, 5) is 23.4. The van der Waals surface area contributed by atoms with Crippen LogP contribution in [0.2, 0.25) is 10.0 Å². The molecule has 0 fully saturated rings. The normalized spacial score (nSPS) is 13.0. The summed E-state index contributed by atoms with van der Waals surface area (Å²) in [7, 11) is -1.88. The molecule has 0 spiro atoms. The van der Waals surface area contributed by atoms with Gasteiger partial charge in [-0.15, -0.1) is 0 Å². The number of aromatic nitrogens is 2. The first-order valence-electron chi connectivity index (χ1n) is 11.9. The lowest BCUT2D eigenvalue weighted by atomic mass is 10.0. The van der Waals surface area contributed by atoms with Crippen LogP contribution in [-0.2, 0) is 21.4 Å². The lowest BCUT2D eigenvalue weighted by Gasteiger charge is -2.24. The van der Waals surface area contributed by atoms with Crippen LogP contribution in [-0.4, -0.2) is 66.2 Å². The van der Waals surface area contributed by atoms with Crippen LogP contribution in [0.4, 0.5) is 5.82 Å². The number of likely N-dealkylation sites (N-methyl/N-ethyl adjacent to an activating group) is 2. The summed E-state index contributed by atoms with van der Waals surface area (Å²) in [5, 5.41) is 4.45. The second-order valence-electron chi connectivity index (χ2n) is 9.08. The summed E-state index contributed by atoms with van der Waals surface area (Å²) in [5.74, 6) is 0.573. The maximum atomic E-state index is 13.1. The van der Waals surface area contributed by atoms with Crippen molar-refractivity contribution in [2.45, 2.75) is 38.3 Å². The fraction of sp³-hybridized carbons (Fsp3) is 0.400. The van der Waals surface area contributed by atoms with Crippen molar-refractivity contribution in [2.75, 3.05) is 32.0 Å². The predicted octanol–water partition coefficient (Wildman–Crippen LogP) is 4.00. The van der Waals surface area contributed by atoms with E-state index in [0.29, 0.717) is 36.3 Å². The molecule has 1 atom stereocenters. The van der Waals surface area contributed by atoms with Crippen molar-refractivity contribution in [3.8, 4) is 0 Å². The molecule has 0 aliphatic rings. The molecule has 1 aromatic heterocycles. The van der Waals surface area contributed by atoms with Crippen molar-refractivity contribution in [3.05, 3.63) is 58.3 Å². The van der Waals surface area contributed by atoms with Gasteiger partial charge in [0.15, 0.2) is 0 Å². The van der Waals surface area contributed by atoms with Crippen LogP contribution in [0.5, 0.6) is 0 Å². The standard InChI is InChI=1S/C25H32Cl2N6O3S/c1-5-33(37(35,36)17-10-11-19(26)20(27)14-17)13-12-32(4)15-22-29-21-9-7-6-8-18(21)25(30-22)31-23(16(2)3)24(28)34/h6-11,14,16,23H,5,12-13,15H2,1-4H3,(H2,28,34)(H,29,30,31)/t23-/m0/s1. The molecule has 0 aliphatic heterocycles. The summed E-state index contributed by atoms with van der Waals surface area (Å²) >= 11 is 12.0. The van der Waals surface area contributed by atoms with Crippen LogP contribution in [0, 0.1) is 5.92 Å². The number of benzene rings is 2. The first kappa shape index (κ1) is 29.1. The SMILES string of the molecule is CCN(CCN(C)Cc1nc(N[C@H](C(N)=O)C(C)C)c2ccccc2n1)S(=O)(=O)c1ccc(Cl)c(Cl)c1. The van der Waals surface area contributed by atoms with Crippen LogP contribution in [0.1, 0.15) is 26.6 Å². The number of para-hydroxylation sites is 1. The maximum Gasteiger partial charge on any atom is 0.243 e. The van der Waals surface area contributed by atoms with Gasteiger partial charge in [0.05, 0.1) is 27.0 Å². The van der Waals surface area contributed by atoms with E-state index in [0.717, 1.165) is 10.9 Å². The number of hydrogen-bond donors (Lipinski definition) is 2. The lowest BCUT2D eigenvalue weighted by molar-refractivity contribution is -0.119. The number of amides is 1. The maximum absolute atomic E-state index is 13.1. The number of primary amides is 1. The summed E-state index contributed by atoms with van der Waals surface area (Å²) < 4.78 is 27.7. The predicted molar refractivity (Wildman–Crippen MR) is 148 cm³/mol. The van der Waals surface area contributed by atoms with Crippen molar-refractivity contribution in [1.29, 1.82) is 0 Å². The molecule has 1 amide bonds. The zero-order chi connectivity index (χ0) is 27.3. The highest BCUT2D eigenvalue weighted by atomic mass is 35.5. The molecule has 12 heteroatoms. The van der Waals surface area contributed by atoms with E-state index in [9.17, 15) is 13.2 Å². The summed E-state index contributed by atoms with van der Waals surface area (Å²) in [6, 6.07) is 11.2. The largest absolute Gasteiger partial charge is 0.368 e. The molecule has 3 N–H and O–H groups in total. The average molecular weight is 568 g/mol. The average Bonchev–Trinajstić information content (AvgIpc) is 2.83. The van der Waals surface area contributed by atoms with Crippen LogP contribution in [0.15, 0.2) is 47.4 Å². The van der Waals surface area contributed by atoms with Gasteiger partial charge in [-0.1, -0.05) is 56.1 Å². The molecular formula is C25H32Cl2N6O3S. The number of nitrogens with one attached hydrogen (secondary N) is 1. The number of carbonyl (C=O) groups excluding carboxylic acids is 1. The van der Waals surface area contributed by atoms with Crippen molar-refractivity contribution >= 4 is 55.9 Å². The molecule has 200 valence electrons. The lowest BCUT2D eigenvalue weighted by Crippen LogP contribution is -2.40. The number of carbonyl (C=O) groups is 1. The third kappa shape index (κ3) is 7.08. The molecule has 0 radical (unpaired) electrons. The van der Waals surface area contributed by atoms with Crippen molar-refractivity contribution < 1.29 is 13.2 Å². The quantitative estimate of drug-likeness (QED) is 0.339. The van der Waals surface area contributed by atoms with Crippen LogP contribution < -0.4 is 11.1 Å². The van der Waals surface area contributed by atoms with E-state index < -0.39 is 22.0 Å². The molecule has 3 rings (SSSR count). The van der Waals surface area contributed by atoms with E-state index in [-0.39, 0.29) is 22.4 Å². The Bertz CT molecular complexity index is 1370. The molecular weight excluding hydrogens is 535 g/mol. The van der Waals surface area contributed by atoms with E-state index in [1.54, 1.807) is 6.92 Å². The summed E-state index contributed by atoms with van der Waals surface area (Å²) in [5.41, 5.74) is 6.33. The minimum Gasteiger partial charge on any atom is -0.368 e. The Labute approximate surface area is 228 Å². The zero-order valence-corrected chi connectivity index (χ0v) is 23.6. The molecule has 9 nitrogen and oxygen atoms in total. The number of halogens is 2. The fourth-order valence-corrected chi connectivity index (χ4v) is 5.69. The third-order valence-corrected chi connectivity index (χ3v) is 8.65. The number of fused-ring (bicyclic) bond motifs is 1.